The SMILES string of the molecule is COc1ccc(C(=O)Cn2c(=O)n3nc(-c4ccc(C)cc4)nc3c3ccccc32)cc1OC. The number of para-hydroxylation sites is 1. The number of aryl methyl sites for hydroxylation is 1. The van der Waals surface area contributed by atoms with Gasteiger partial charge in [0.25, 0.3) is 0 Å². The standard InChI is InChI=1S/C26H22N4O4/c1-16-8-10-17(11-9-16)24-27-25-19-6-4-5-7-20(19)29(26(32)30(25)28-24)15-21(31)18-12-13-22(33-2)23(14-18)34-3/h4-14H,15H2,1-3H3. The maximum atomic E-state index is 13.5. The zero-order valence-corrected chi connectivity index (χ0v) is 19.0. The molecule has 8 nitrogen and oxygen atoms in total. The number of benzene rings is 3. The number of ether oxygens (including phenoxy) is 2. The van der Waals surface area contributed by atoms with E-state index >= 15 is 0 Å². The Bertz CT molecular complexity index is 1600. The van der Waals surface area contributed by atoms with Crippen molar-refractivity contribution < 1.29 is 14.3 Å². The van der Waals surface area contributed by atoms with Crippen molar-refractivity contribution in [3.8, 4) is 22.9 Å². The molecule has 5 rings (SSSR count). The Labute approximate surface area is 195 Å². The summed E-state index contributed by atoms with van der Waals surface area (Å²) in [4.78, 5) is 31.3. The number of methoxy groups -OCH3 is 2. The molecule has 0 amide bonds. The Hall–Kier alpha value is -4.46. The molecule has 0 atom stereocenters. The van der Waals surface area contributed by atoms with Crippen LogP contribution in [0.2, 0.25) is 0 Å². The summed E-state index contributed by atoms with van der Waals surface area (Å²) in [7, 11) is 3.04. The van der Waals surface area contributed by atoms with E-state index in [-0.39, 0.29) is 12.3 Å². The number of rotatable bonds is 6. The summed E-state index contributed by atoms with van der Waals surface area (Å²) in [6.07, 6.45) is 0. The highest BCUT2D eigenvalue weighted by Gasteiger charge is 2.19. The zero-order chi connectivity index (χ0) is 23.8. The molecule has 0 radical (unpaired) electrons. The predicted octanol–water partition coefficient (Wildman–Crippen LogP) is 3.92. The normalized spacial score (nSPS) is 11.1. The summed E-state index contributed by atoms with van der Waals surface area (Å²) >= 11 is 0. The minimum Gasteiger partial charge on any atom is -0.493 e. The molecule has 0 unspecified atom stereocenters. The number of hydrogen-bond acceptors (Lipinski definition) is 6. The summed E-state index contributed by atoms with van der Waals surface area (Å²) in [6, 6.07) is 20.1. The molecule has 3 aromatic carbocycles. The average molecular weight is 454 g/mol. The first kappa shape index (κ1) is 21.4. The second-order valence-electron chi connectivity index (χ2n) is 7.92. The maximum Gasteiger partial charge on any atom is 0.351 e. The lowest BCUT2D eigenvalue weighted by molar-refractivity contribution is 0.0971. The molecule has 0 saturated heterocycles. The third-order valence-corrected chi connectivity index (χ3v) is 5.77. The lowest BCUT2D eigenvalue weighted by Gasteiger charge is -2.12. The van der Waals surface area contributed by atoms with E-state index in [9.17, 15) is 9.59 Å². The first-order chi connectivity index (χ1) is 16.5. The van der Waals surface area contributed by atoms with Crippen molar-refractivity contribution >= 4 is 22.3 Å². The molecule has 0 aliphatic heterocycles. The van der Waals surface area contributed by atoms with Crippen LogP contribution in [0.25, 0.3) is 27.9 Å². The van der Waals surface area contributed by atoms with Crippen LogP contribution in [0.5, 0.6) is 11.5 Å². The van der Waals surface area contributed by atoms with Crippen LogP contribution < -0.4 is 15.2 Å². The van der Waals surface area contributed by atoms with Gasteiger partial charge in [0, 0.05) is 16.5 Å². The number of fused-ring (bicyclic) bond motifs is 3. The Balaban J connectivity index is 1.63. The molecule has 170 valence electrons. The average Bonchev–Trinajstić information content (AvgIpc) is 3.32. The molecular formula is C26H22N4O4. The minimum atomic E-state index is -0.437. The highest BCUT2D eigenvalue weighted by molar-refractivity contribution is 5.98. The highest BCUT2D eigenvalue weighted by atomic mass is 16.5. The third kappa shape index (κ3) is 3.59. The van der Waals surface area contributed by atoms with Crippen molar-refractivity contribution in [3.05, 3.63) is 88.3 Å². The molecular weight excluding hydrogens is 432 g/mol. The van der Waals surface area contributed by atoms with Gasteiger partial charge in [-0.1, -0.05) is 42.0 Å². The summed E-state index contributed by atoms with van der Waals surface area (Å²) in [6.45, 7) is 1.84. The van der Waals surface area contributed by atoms with Gasteiger partial charge in [-0.15, -0.1) is 5.10 Å². The molecule has 2 heterocycles. The molecule has 8 heteroatoms. The number of carbonyl (C=O) groups is 1. The van der Waals surface area contributed by atoms with Gasteiger partial charge in [0.2, 0.25) is 0 Å². The number of Topliss-reactive ketones (excluding diaryl/α,β-unsaturated/α-hetero) is 1. The van der Waals surface area contributed by atoms with E-state index in [2.05, 4.69) is 10.1 Å². The molecule has 5 aromatic rings. The quantitative estimate of drug-likeness (QED) is 0.362. The predicted molar refractivity (Wildman–Crippen MR) is 129 cm³/mol. The van der Waals surface area contributed by atoms with Crippen molar-refractivity contribution in [2.75, 3.05) is 14.2 Å². The Morgan fingerprint density at radius 1 is 0.941 bits per heavy atom. The molecule has 0 N–H and O–H groups in total. The second-order valence-corrected chi connectivity index (χ2v) is 7.92. The molecule has 0 fully saturated rings. The topological polar surface area (TPSA) is 87.7 Å². The Morgan fingerprint density at radius 2 is 1.68 bits per heavy atom. The molecule has 0 spiro atoms. The monoisotopic (exact) mass is 454 g/mol. The molecule has 0 bridgehead atoms. The summed E-state index contributed by atoms with van der Waals surface area (Å²) < 4.78 is 13.3. The number of aromatic nitrogens is 4. The van der Waals surface area contributed by atoms with Crippen molar-refractivity contribution in [3.63, 3.8) is 0 Å². The van der Waals surface area contributed by atoms with E-state index in [1.54, 1.807) is 24.3 Å². The van der Waals surface area contributed by atoms with Gasteiger partial charge < -0.3 is 9.47 Å². The number of ketones is 1. The van der Waals surface area contributed by atoms with Crippen LogP contribution >= 0.6 is 0 Å². The van der Waals surface area contributed by atoms with Gasteiger partial charge >= 0.3 is 5.69 Å². The Morgan fingerprint density at radius 3 is 2.41 bits per heavy atom. The molecule has 0 aliphatic rings. The molecule has 34 heavy (non-hydrogen) atoms. The van der Waals surface area contributed by atoms with Gasteiger partial charge in [-0.25, -0.2) is 9.78 Å². The lowest BCUT2D eigenvalue weighted by Crippen LogP contribution is -2.30. The number of carbonyl (C=O) groups excluding carboxylic acids is 1. The van der Waals surface area contributed by atoms with Crippen LogP contribution in [0.4, 0.5) is 0 Å². The van der Waals surface area contributed by atoms with Gasteiger partial charge in [0.05, 0.1) is 26.3 Å². The summed E-state index contributed by atoms with van der Waals surface area (Å²) in [5.41, 5.74) is 2.96. The maximum absolute atomic E-state index is 13.5. The fourth-order valence-corrected chi connectivity index (χ4v) is 3.96. The number of hydrogen-bond donors (Lipinski definition) is 0. The smallest absolute Gasteiger partial charge is 0.351 e. The van der Waals surface area contributed by atoms with E-state index in [4.69, 9.17) is 9.47 Å². The van der Waals surface area contributed by atoms with E-state index in [1.807, 2.05) is 49.4 Å². The van der Waals surface area contributed by atoms with E-state index in [1.165, 1.54) is 23.3 Å². The zero-order valence-electron chi connectivity index (χ0n) is 19.0. The van der Waals surface area contributed by atoms with Crippen molar-refractivity contribution in [2.45, 2.75) is 13.5 Å². The Kier molecular flexibility index (Phi) is 5.33. The van der Waals surface area contributed by atoms with Crippen LogP contribution in [0.1, 0.15) is 15.9 Å². The van der Waals surface area contributed by atoms with Crippen molar-refractivity contribution in [2.24, 2.45) is 0 Å². The van der Waals surface area contributed by atoms with Gasteiger partial charge in [-0.05, 0) is 37.3 Å². The summed E-state index contributed by atoms with van der Waals surface area (Å²) in [5, 5.41) is 5.21. The second kappa shape index (κ2) is 8.47. The van der Waals surface area contributed by atoms with E-state index in [0.717, 1.165) is 16.5 Å². The van der Waals surface area contributed by atoms with Crippen LogP contribution in [-0.4, -0.2) is 39.2 Å². The summed E-state index contributed by atoms with van der Waals surface area (Å²) in [5.74, 6) is 1.17. The first-order valence-corrected chi connectivity index (χ1v) is 10.7. The molecule has 0 saturated carbocycles. The largest absolute Gasteiger partial charge is 0.493 e. The van der Waals surface area contributed by atoms with Crippen molar-refractivity contribution in [1.29, 1.82) is 0 Å². The van der Waals surface area contributed by atoms with Crippen LogP contribution in [0, 0.1) is 6.92 Å². The van der Waals surface area contributed by atoms with E-state index in [0.29, 0.717) is 34.1 Å². The van der Waals surface area contributed by atoms with Gasteiger partial charge in [-0.2, -0.15) is 4.52 Å². The number of nitrogens with zero attached hydrogens (tertiary/aromatic N) is 4. The van der Waals surface area contributed by atoms with Gasteiger partial charge in [-0.3, -0.25) is 9.36 Å². The van der Waals surface area contributed by atoms with Crippen molar-refractivity contribution in [1.82, 2.24) is 19.2 Å². The first-order valence-electron chi connectivity index (χ1n) is 10.7. The highest BCUT2D eigenvalue weighted by Crippen LogP contribution is 2.28. The van der Waals surface area contributed by atoms with E-state index < -0.39 is 5.69 Å². The third-order valence-electron chi connectivity index (χ3n) is 5.77. The fraction of sp³-hybridized carbons (Fsp3) is 0.154. The van der Waals surface area contributed by atoms with Crippen LogP contribution in [-0.2, 0) is 6.54 Å². The molecule has 2 aromatic heterocycles. The van der Waals surface area contributed by atoms with Gasteiger partial charge in [0.1, 0.15) is 0 Å². The fourth-order valence-electron chi connectivity index (χ4n) is 3.96. The van der Waals surface area contributed by atoms with Crippen LogP contribution in [0.3, 0.4) is 0 Å². The lowest BCUT2D eigenvalue weighted by atomic mass is 10.1. The molecule has 0 aliphatic carbocycles. The van der Waals surface area contributed by atoms with Gasteiger partial charge in [0.15, 0.2) is 28.8 Å². The minimum absolute atomic E-state index is 0.162. The van der Waals surface area contributed by atoms with Crippen LogP contribution in [0.15, 0.2) is 71.5 Å².